The van der Waals surface area contributed by atoms with Crippen molar-refractivity contribution in [2.75, 3.05) is 6.54 Å². The summed E-state index contributed by atoms with van der Waals surface area (Å²) < 4.78 is 34.8. The third kappa shape index (κ3) is 6.18. The summed E-state index contributed by atoms with van der Waals surface area (Å²) >= 11 is 5.94. The van der Waals surface area contributed by atoms with Gasteiger partial charge in [-0.25, -0.2) is 4.99 Å². The molecule has 2 aromatic rings. The van der Waals surface area contributed by atoms with E-state index >= 15 is 0 Å². The van der Waals surface area contributed by atoms with Gasteiger partial charge in [0.25, 0.3) is 0 Å². The molecule has 1 aromatic heterocycles. The molecule has 0 radical (unpaired) electrons. The highest BCUT2D eigenvalue weighted by atomic mass is 35.5. The third-order valence-corrected chi connectivity index (χ3v) is 3.63. The average molecular weight is 387 g/mol. The minimum atomic E-state index is -2.91. The number of aliphatic imine (C=N–C) groups is 1. The summed E-state index contributed by atoms with van der Waals surface area (Å²) in [6.45, 7) is 2.15. The number of rotatable bonds is 8. The summed E-state index contributed by atoms with van der Waals surface area (Å²) in [5, 5.41) is 10.5. The van der Waals surface area contributed by atoms with Gasteiger partial charge >= 0.3 is 6.61 Å². The van der Waals surface area contributed by atoms with Gasteiger partial charge in [-0.15, -0.1) is 0 Å². The summed E-state index contributed by atoms with van der Waals surface area (Å²) in [7, 11) is 0. The normalized spacial score (nSPS) is 11.7. The van der Waals surface area contributed by atoms with Gasteiger partial charge in [-0.3, -0.25) is 0 Å². The summed E-state index contributed by atoms with van der Waals surface area (Å²) in [5.41, 5.74) is 1.33. The molecule has 0 aliphatic carbocycles. The van der Waals surface area contributed by atoms with E-state index in [0.717, 1.165) is 12.1 Å². The minimum absolute atomic E-state index is 0.0480. The molecule has 2 N–H and O–H groups in total. The number of aromatic nitrogens is 1. The average Bonchev–Trinajstić information content (AvgIpc) is 3.07. The van der Waals surface area contributed by atoms with Crippen molar-refractivity contribution in [3.8, 4) is 5.75 Å². The third-order valence-electron chi connectivity index (χ3n) is 3.39. The molecule has 6 nitrogen and oxygen atoms in total. The molecule has 0 saturated heterocycles. The molecule has 0 bridgehead atoms. The van der Waals surface area contributed by atoms with Crippen LogP contribution in [0.15, 0.2) is 33.8 Å². The van der Waals surface area contributed by atoms with Crippen LogP contribution < -0.4 is 15.4 Å². The van der Waals surface area contributed by atoms with Crippen molar-refractivity contribution in [2.24, 2.45) is 4.99 Å². The van der Waals surface area contributed by atoms with E-state index in [1.54, 1.807) is 6.07 Å². The molecule has 0 fully saturated rings. The minimum Gasteiger partial charge on any atom is -0.434 e. The van der Waals surface area contributed by atoms with Crippen molar-refractivity contribution < 1.29 is 18.0 Å². The summed E-state index contributed by atoms with van der Waals surface area (Å²) in [6.07, 6.45) is 0.791. The highest BCUT2D eigenvalue weighted by Gasteiger charge is 2.11. The van der Waals surface area contributed by atoms with E-state index in [9.17, 15) is 8.78 Å². The van der Waals surface area contributed by atoms with Crippen LogP contribution in [-0.4, -0.2) is 24.3 Å². The maximum atomic E-state index is 12.5. The highest BCUT2D eigenvalue weighted by molar-refractivity contribution is 6.30. The van der Waals surface area contributed by atoms with Crippen LogP contribution in [0.5, 0.6) is 5.75 Å². The second-order valence-corrected chi connectivity index (χ2v) is 5.75. The predicted molar refractivity (Wildman–Crippen MR) is 95.6 cm³/mol. The van der Waals surface area contributed by atoms with E-state index < -0.39 is 6.61 Å². The fraction of sp³-hybridized carbons (Fsp3) is 0.412. The largest absolute Gasteiger partial charge is 0.434 e. The Morgan fingerprint density at radius 2 is 2.12 bits per heavy atom. The van der Waals surface area contributed by atoms with Crippen molar-refractivity contribution >= 4 is 17.6 Å². The monoisotopic (exact) mass is 386 g/mol. The van der Waals surface area contributed by atoms with Gasteiger partial charge in [0.15, 0.2) is 11.7 Å². The topological polar surface area (TPSA) is 71.7 Å². The first-order valence-electron chi connectivity index (χ1n) is 8.21. The van der Waals surface area contributed by atoms with Crippen LogP contribution >= 0.6 is 11.6 Å². The lowest BCUT2D eigenvalue weighted by Crippen LogP contribution is -2.36. The fourth-order valence-electron chi connectivity index (χ4n) is 2.17. The van der Waals surface area contributed by atoms with Crippen LogP contribution in [0.1, 0.15) is 30.9 Å². The maximum absolute atomic E-state index is 12.5. The van der Waals surface area contributed by atoms with E-state index in [-0.39, 0.29) is 12.3 Å². The molecule has 0 aliphatic heterocycles. The van der Waals surface area contributed by atoms with Crippen molar-refractivity contribution in [1.29, 1.82) is 0 Å². The lowest BCUT2D eigenvalue weighted by Gasteiger charge is -2.12. The SMILES string of the molecule is CCNC(=NCc1cc(Cl)ccc1OC(F)F)NCc1cc(CC)no1. The smallest absolute Gasteiger partial charge is 0.387 e. The first kappa shape index (κ1) is 20.0. The molecular weight excluding hydrogens is 366 g/mol. The number of halogens is 3. The number of guanidine groups is 1. The summed E-state index contributed by atoms with van der Waals surface area (Å²) in [6, 6.07) is 6.31. The Hall–Kier alpha value is -2.35. The molecule has 0 atom stereocenters. The molecule has 0 amide bonds. The molecule has 0 spiro atoms. The van der Waals surface area contributed by atoms with Crippen molar-refractivity contribution in [2.45, 2.75) is 40.0 Å². The number of hydrogen-bond donors (Lipinski definition) is 2. The molecule has 1 heterocycles. The Morgan fingerprint density at radius 1 is 1.31 bits per heavy atom. The molecule has 2 rings (SSSR count). The summed E-state index contributed by atoms with van der Waals surface area (Å²) in [5.74, 6) is 1.23. The van der Waals surface area contributed by atoms with E-state index in [0.29, 0.717) is 35.4 Å². The molecule has 26 heavy (non-hydrogen) atoms. The molecular formula is C17H21ClF2N4O2. The van der Waals surface area contributed by atoms with E-state index in [1.807, 2.05) is 19.9 Å². The van der Waals surface area contributed by atoms with Gasteiger partial charge in [-0.2, -0.15) is 8.78 Å². The number of hydrogen-bond acceptors (Lipinski definition) is 4. The van der Waals surface area contributed by atoms with Gasteiger partial charge in [-0.1, -0.05) is 23.7 Å². The summed E-state index contributed by atoms with van der Waals surface area (Å²) in [4.78, 5) is 4.38. The van der Waals surface area contributed by atoms with Crippen LogP contribution in [0.2, 0.25) is 5.02 Å². The first-order valence-corrected chi connectivity index (χ1v) is 8.59. The predicted octanol–water partition coefficient (Wildman–Crippen LogP) is 3.75. The van der Waals surface area contributed by atoms with Crippen LogP contribution in [0.25, 0.3) is 0 Å². The molecule has 0 saturated carbocycles. The van der Waals surface area contributed by atoms with Crippen LogP contribution in [0.4, 0.5) is 8.78 Å². The van der Waals surface area contributed by atoms with Gasteiger partial charge in [0.05, 0.1) is 18.8 Å². The lowest BCUT2D eigenvalue weighted by molar-refractivity contribution is -0.0504. The molecule has 0 aliphatic rings. The first-order chi connectivity index (χ1) is 12.5. The zero-order chi connectivity index (χ0) is 18.9. The van der Waals surface area contributed by atoms with Crippen molar-refractivity contribution in [1.82, 2.24) is 15.8 Å². The Morgan fingerprint density at radius 3 is 2.77 bits per heavy atom. The van der Waals surface area contributed by atoms with Crippen LogP contribution in [0, 0.1) is 0 Å². The van der Waals surface area contributed by atoms with Crippen molar-refractivity contribution in [3.05, 3.63) is 46.3 Å². The quantitative estimate of drug-likeness (QED) is 0.534. The van der Waals surface area contributed by atoms with Gasteiger partial charge < -0.3 is 19.9 Å². The van der Waals surface area contributed by atoms with Crippen LogP contribution in [-0.2, 0) is 19.5 Å². The lowest BCUT2D eigenvalue weighted by atomic mass is 10.2. The molecule has 1 aromatic carbocycles. The van der Waals surface area contributed by atoms with Gasteiger partial charge in [-0.05, 0) is 31.5 Å². The molecule has 0 unspecified atom stereocenters. The van der Waals surface area contributed by atoms with Gasteiger partial charge in [0.1, 0.15) is 5.75 Å². The number of benzene rings is 1. The van der Waals surface area contributed by atoms with E-state index in [4.69, 9.17) is 16.1 Å². The number of alkyl halides is 2. The second kappa shape index (κ2) is 9.96. The van der Waals surface area contributed by atoms with E-state index in [1.165, 1.54) is 12.1 Å². The Kier molecular flexibility index (Phi) is 7.65. The number of nitrogens with one attached hydrogen (secondary N) is 2. The van der Waals surface area contributed by atoms with Crippen molar-refractivity contribution in [3.63, 3.8) is 0 Å². The van der Waals surface area contributed by atoms with Gasteiger partial charge in [0.2, 0.25) is 0 Å². The number of aryl methyl sites for hydroxylation is 1. The standard InChI is InChI=1S/C17H21ClF2N4O2/c1-3-13-8-14(26-24-13)10-23-17(21-4-2)22-9-11-7-12(18)5-6-15(11)25-16(19)20/h5-8,16H,3-4,9-10H2,1-2H3,(H2,21,22,23). The van der Waals surface area contributed by atoms with Gasteiger partial charge in [0, 0.05) is 23.2 Å². The Bertz CT molecular complexity index is 737. The molecule has 142 valence electrons. The number of ether oxygens (including phenoxy) is 1. The fourth-order valence-corrected chi connectivity index (χ4v) is 2.36. The van der Waals surface area contributed by atoms with Crippen LogP contribution in [0.3, 0.4) is 0 Å². The Labute approximate surface area is 155 Å². The van der Waals surface area contributed by atoms with E-state index in [2.05, 4.69) is 25.5 Å². The number of nitrogens with zero attached hydrogens (tertiary/aromatic N) is 2. The maximum Gasteiger partial charge on any atom is 0.387 e. The molecule has 9 heteroatoms. The zero-order valence-electron chi connectivity index (χ0n) is 14.6. The highest BCUT2D eigenvalue weighted by Crippen LogP contribution is 2.25. The Balaban J connectivity index is 2.07. The zero-order valence-corrected chi connectivity index (χ0v) is 15.3. The second-order valence-electron chi connectivity index (χ2n) is 5.32.